The molecule has 1 aromatic carbocycles. The van der Waals surface area contributed by atoms with E-state index in [1.807, 2.05) is 0 Å². The molecule has 21 heavy (non-hydrogen) atoms. The van der Waals surface area contributed by atoms with E-state index in [-0.39, 0.29) is 12.0 Å². The maximum atomic E-state index is 13.7. The van der Waals surface area contributed by atoms with Crippen molar-refractivity contribution in [3.8, 4) is 0 Å². The number of rotatable bonds is 4. The molecule has 2 rings (SSSR count). The summed E-state index contributed by atoms with van der Waals surface area (Å²) in [5, 5.41) is 0. The summed E-state index contributed by atoms with van der Waals surface area (Å²) in [5.41, 5.74) is 0.693. The second-order valence-corrected chi connectivity index (χ2v) is 6.77. The molecule has 0 bridgehead atoms. The molecule has 6 nitrogen and oxygen atoms in total. The molecule has 2 amide bonds. The Bertz CT molecular complexity index is 702. The normalized spacial score (nSPS) is 19.4. The van der Waals surface area contributed by atoms with Crippen molar-refractivity contribution in [1.82, 2.24) is 9.62 Å². The molecule has 114 valence electrons. The third-order valence-corrected chi connectivity index (χ3v) is 4.59. The zero-order valence-electron chi connectivity index (χ0n) is 11.6. The van der Waals surface area contributed by atoms with E-state index >= 15 is 0 Å². The van der Waals surface area contributed by atoms with Crippen LogP contribution < -0.4 is 4.72 Å². The first-order chi connectivity index (χ1) is 9.69. The smallest absolute Gasteiger partial charge is 0.247 e. The summed E-state index contributed by atoms with van der Waals surface area (Å²) in [7, 11) is -2.63. The number of aryl methyl sites for hydroxylation is 1. The zero-order valence-corrected chi connectivity index (χ0v) is 12.4. The van der Waals surface area contributed by atoms with Gasteiger partial charge in [-0.05, 0) is 18.6 Å². The van der Waals surface area contributed by atoms with Crippen LogP contribution in [-0.2, 0) is 25.4 Å². The molecule has 0 saturated carbocycles. The van der Waals surface area contributed by atoms with Crippen LogP contribution in [0.2, 0.25) is 0 Å². The van der Waals surface area contributed by atoms with E-state index in [4.69, 9.17) is 0 Å². The number of carbonyl (C=O) groups excluding carboxylic acids is 2. The fourth-order valence-electron chi connectivity index (χ4n) is 2.08. The Balaban J connectivity index is 2.13. The summed E-state index contributed by atoms with van der Waals surface area (Å²) in [5.74, 6) is -2.26. The van der Waals surface area contributed by atoms with Crippen LogP contribution in [0, 0.1) is 12.7 Å². The number of nitrogens with one attached hydrogen (secondary N) is 1. The number of amides is 2. The van der Waals surface area contributed by atoms with Gasteiger partial charge in [0.25, 0.3) is 0 Å². The molecule has 1 atom stereocenters. The fourth-order valence-corrected chi connectivity index (χ4v) is 3.42. The minimum absolute atomic E-state index is 0.0122. The molecule has 1 aromatic rings. The topological polar surface area (TPSA) is 83.6 Å². The molecule has 0 radical (unpaired) electrons. The van der Waals surface area contributed by atoms with Gasteiger partial charge in [-0.2, -0.15) is 0 Å². The minimum Gasteiger partial charge on any atom is -0.284 e. The standard InChI is InChI=1S/C13H15FN2O4S/c1-8-3-4-9(10(14)5-8)7-21(19,20)15-11-6-12(17)16(2)13(11)18/h3-5,11,15H,6-7H2,1-2H3. The molecule has 1 fully saturated rings. The average molecular weight is 314 g/mol. The van der Waals surface area contributed by atoms with E-state index in [0.29, 0.717) is 5.56 Å². The maximum absolute atomic E-state index is 13.7. The van der Waals surface area contributed by atoms with Crippen molar-refractivity contribution in [2.75, 3.05) is 7.05 Å². The number of sulfonamides is 1. The third-order valence-electron chi connectivity index (χ3n) is 3.26. The van der Waals surface area contributed by atoms with Crippen LogP contribution in [0.5, 0.6) is 0 Å². The molecule has 1 unspecified atom stereocenters. The number of hydrogen-bond donors (Lipinski definition) is 1. The summed E-state index contributed by atoms with van der Waals surface area (Å²) in [6.07, 6.45) is -0.217. The van der Waals surface area contributed by atoms with Crippen LogP contribution in [-0.4, -0.2) is 38.2 Å². The molecular weight excluding hydrogens is 299 g/mol. The lowest BCUT2D eigenvalue weighted by molar-refractivity contribution is -0.137. The van der Waals surface area contributed by atoms with E-state index in [0.717, 1.165) is 4.90 Å². The Morgan fingerprint density at radius 3 is 2.57 bits per heavy atom. The molecule has 0 aliphatic carbocycles. The van der Waals surface area contributed by atoms with Gasteiger partial charge in [0.2, 0.25) is 21.8 Å². The Morgan fingerprint density at radius 2 is 2.05 bits per heavy atom. The van der Waals surface area contributed by atoms with Crippen LogP contribution in [0.4, 0.5) is 4.39 Å². The highest BCUT2D eigenvalue weighted by Crippen LogP contribution is 2.16. The van der Waals surface area contributed by atoms with E-state index < -0.39 is 39.4 Å². The van der Waals surface area contributed by atoms with Gasteiger partial charge >= 0.3 is 0 Å². The molecule has 8 heteroatoms. The van der Waals surface area contributed by atoms with Crippen molar-refractivity contribution in [2.24, 2.45) is 0 Å². The number of halogens is 1. The van der Waals surface area contributed by atoms with Gasteiger partial charge in [-0.1, -0.05) is 12.1 Å². The number of likely N-dealkylation sites (N-methyl/N-ethyl adjacent to an activating group) is 1. The monoisotopic (exact) mass is 314 g/mol. The predicted molar refractivity (Wildman–Crippen MR) is 73.1 cm³/mol. The van der Waals surface area contributed by atoms with Crippen molar-refractivity contribution >= 4 is 21.8 Å². The lowest BCUT2D eigenvalue weighted by Crippen LogP contribution is -2.41. The summed E-state index contributed by atoms with van der Waals surface area (Å²) < 4.78 is 39.8. The van der Waals surface area contributed by atoms with Crippen molar-refractivity contribution < 1.29 is 22.4 Å². The number of likely N-dealkylation sites (tertiary alicyclic amines) is 1. The van der Waals surface area contributed by atoms with Crippen LogP contribution >= 0.6 is 0 Å². The lowest BCUT2D eigenvalue weighted by atomic mass is 10.2. The van der Waals surface area contributed by atoms with Crippen molar-refractivity contribution in [3.63, 3.8) is 0 Å². The van der Waals surface area contributed by atoms with Gasteiger partial charge in [-0.25, -0.2) is 17.5 Å². The SMILES string of the molecule is Cc1ccc(CS(=O)(=O)NC2CC(=O)N(C)C2=O)c(F)c1. The Labute approximate surface area is 122 Å². The first kappa shape index (κ1) is 15.6. The fraction of sp³-hybridized carbons (Fsp3) is 0.385. The van der Waals surface area contributed by atoms with Crippen LogP contribution in [0.3, 0.4) is 0 Å². The van der Waals surface area contributed by atoms with Crippen LogP contribution in [0.15, 0.2) is 18.2 Å². The summed E-state index contributed by atoms with van der Waals surface area (Å²) in [6.45, 7) is 1.69. The van der Waals surface area contributed by atoms with Crippen LogP contribution in [0.25, 0.3) is 0 Å². The summed E-state index contributed by atoms with van der Waals surface area (Å²) in [4.78, 5) is 23.9. The second kappa shape index (κ2) is 5.53. The van der Waals surface area contributed by atoms with E-state index in [1.54, 1.807) is 13.0 Å². The number of carbonyl (C=O) groups is 2. The predicted octanol–water partition coefficient (Wildman–Crippen LogP) is 0.311. The van der Waals surface area contributed by atoms with Gasteiger partial charge in [0.1, 0.15) is 11.9 Å². The highest BCUT2D eigenvalue weighted by Gasteiger charge is 2.38. The van der Waals surface area contributed by atoms with Gasteiger partial charge in [0, 0.05) is 12.6 Å². The minimum atomic E-state index is -3.92. The molecule has 1 N–H and O–H groups in total. The van der Waals surface area contributed by atoms with Gasteiger partial charge in [0.15, 0.2) is 0 Å². The Kier molecular flexibility index (Phi) is 4.11. The van der Waals surface area contributed by atoms with Crippen molar-refractivity contribution in [3.05, 3.63) is 35.1 Å². The Hall–Kier alpha value is -1.80. The number of nitrogens with zero attached hydrogens (tertiary/aromatic N) is 1. The molecule has 0 spiro atoms. The quantitative estimate of drug-likeness (QED) is 0.811. The third kappa shape index (κ3) is 3.45. The molecule has 0 aromatic heterocycles. The van der Waals surface area contributed by atoms with E-state index in [2.05, 4.69) is 4.72 Å². The summed E-state index contributed by atoms with van der Waals surface area (Å²) in [6, 6.07) is 3.12. The first-order valence-corrected chi connectivity index (χ1v) is 7.90. The number of benzene rings is 1. The molecule has 1 aliphatic heterocycles. The largest absolute Gasteiger partial charge is 0.284 e. The van der Waals surface area contributed by atoms with Gasteiger partial charge in [0.05, 0.1) is 12.2 Å². The number of hydrogen-bond acceptors (Lipinski definition) is 4. The molecule has 1 aliphatic rings. The zero-order chi connectivity index (χ0) is 15.8. The highest BCUT2D eigenvalue weighted by molar-refractivity contribution is 7.88. The van der Waals surface area contributed by atoms with Gasteiger partial charge < -0.3 is 0 Å². The van der Waals surface area contributed by atoms with Crippen LogP contribution in [0.1, 0.15) is 17.5 Å². The van der Waals surface area contributed by atoms with Gasteiger partial charge in [-0.3, -0.25) is 14.5 Å². The van der Waals surface area contributed by atoms with Crippen molar-refractivity contribution in [1.29, 1.82) is 0 Å². The lowest BCUT2D eigenvalue weighted by Gasteiger charge is -2.12. The second-order valence-electron chi connectivity index (χ2n) is 5.02. The number of imide groups is 1. The molecule has 1 saturated heterocycles. The maximum Gasteiger partial charge on any atom is 0.247 e. The van der Waals surface area contributed by atoms with Gasteiger partial charge in [-0.15, -0.1) is 0 Å². The van der Waals surface area contributed by atoms with E-state index in [1.165, 1.54) is 19.2 Å². The first-order valence-electron chi connectivity index (χ1n) is 6.25. The summed E-state index contributed by atoms with van der Waals surface area (Å²) >= 11 is 0. The average Bonchev–Trinajstić information content (AvgIpc) is 2.60. The molecular formula is C13H15FN2O4S. The van der Waals surface area contributed by atoms with E-state index in [9.17, 15) is 22.4 Å². The highest BCUT2D eigenvalue weighted by atomic mass is 32.2. The molecule has 1 heterocycles. The Morgan fingerprint density at radius 1 is 1.38 bits per heavy atom. The van der Waals surface area contributed by atoms with Crippen molar-refractivity contribution in [2.45, 2.75) is 25.1 Å².